The summed E-state index contributed by atoms with van der Waals surface area (Å²) in [7, 11) is 1.52. The highest BCUT2D eigenvalue weighted by Gasteiger charge is 2.13. The Morgan fingerprint density at radius 3 is 2.52 bits per heavy atom. The van der Waals surface area contributed by atoms with E-state index in [1.807, 2.05) is 49.4 Å². The van der Waals surface area contributed by atoms with E-state index in [2.05, 4.69) is 26.5 Å². The molecule has 0 bridgehead atoms. The van der Waals surface area contributed by atoms with Crippen molar-refractivity contribution in [2.75, 3.05) is 13.7 Å². The molecule has 0 aliphatic carbocycles. The first kappa shape index (κ1) is 22.4. The van der Waals surface area contributed by atoms with Gasteiger partial charge in [-0.3, -0.25) is 4.79 Å². The van der Waals surface area contributed by atoms with Crippen LogP contribution in [0.15, 0.2) is 76.3 Å². The Labute approximate surface area is 190 Å². The van der Waals surface area contributed by atoms with Crippen LogP contribution in [-0.2, 0) is 6.61 Å². The fraction of sp³-hybridized carbons (Fsp3) is 0.167. The van der Waals surface area contributed by atoms with Gasteiger partial charge in [-0.1, -0.05) is 42.5 Å². The molecular formula is C24H23BrN2O4. The number of amides is 1. The van der Waals surface area contributed by atoms with Gasteiger partial charge >= 0.3 is 0 Å². The molecule has 0 saturated carbocycles. The molecule has 0 atom stereocenters. The zero-order valence-corrected chi connectivity index (χ0v) is 18.9. The molecule has 0 radical (unpaired) electrons. The van der Waals surface area contributed by atoms with E-state index in [9.17, 15) is 4.79 Å². The van der Waals surface area contributed by atoms with Crippen molar-refractivity contribution in [3.8, 4) is 17.2 Å². The van der Waals surface area contributed by atoms with Crippen molar-refractivity contribution in [2.45, 2.75) is 13.5 Å². The van der Waals surface area contributed by atoms with Gasteiger partial charge in [0.2, 0.25) is 0 Å². The standard InChI is InChI=1S/C24H23BrN2O4/c1-3-30-22-14-18(13-20(25)23(22)31-16-17-9-5-4-6-10-17)15-26-27-24(28)19-11-7-8-12-21(19)29-2/h4-15H,3,16H2,1-2H3,(H,27,28)/b26-15-. The number of nitrogens with one attached hydrogen (secondary N) is 1. The zero-order valence-electron chi connectivity index (χ0n) is 17.3. The third-order valence-electron chi connectivity index (χ3n) is 4.29. The van der Waals surface area contributed by atoms with Crippen LogP contribution in [0.25, 0.3) is 0 Å². The van der Waals surface area contributed by atoms with Crippen LogP contribution in [0.1, 0.15) is 28.4 Å². The zero-order chi connectivity index (χ0) is 22.1. The van der Waals surface area contributed by atoms with Crippen molar-refractivity contribution in [3.05, 3.63) is 87.9 Å². The maximum Gasteiger partial charge on any atom is 0.275 e. The highest BCUT2D eigenvalue weighted by atomic mass is 79.9. The number of halogens is 1. The smallest absolute Gasteiger partial charge is 0.275 e. The molecule has 0 aliphatic heterocycles. The second-order valence-corrected chi connectivity index (χ2v) is 7.29. The highest BCUT2D eigenvalue weighted by molar-refractivity contribution is 9.10. The van der Waals surface area contributed by atoms with Gasteiger partial charge in [-0.25, -0.2) is 5.43 Å². The number of rotatable bonds is 9. The predicted octanol–water partition coefficient (Wildman–Crippen LogP) is 5.20. The summed E-state index contributed by atoms with van der Waals surface area (Å²) in [6.07, 6.45) is 1.54. The third-order valence-corrected chi connectivity index (χ3v) is 4.88. The molecule has 31 heavy (non-hydrogen) atoms. The van der Waals surface area contributed by atoms with Gasteiger partial charge in [-0.15, -0.1) is 0 Å². The maximum absolute atomic E-state index is 12.4. The fourth-order valence-corrected chi connectivity index (χ4v) is 3.43. The summed E-state index contributed by atoms with van der Waals surface area (Å²) in [6.45, 7) is 2.81. The van der Waals surface area contributed by atoms with Gasteiger partial charge in [0, 0.05) is 0 Å². The molecule has 0 heterocycles. The summed E-state index contributed by atoms with van der Waals surface area (Å²) >= 11 is 3.55. The lowest BCUT2D eigenvalue weighted by Crippen LogP contribution is -2.18. The molecule has 0 aliphatic rings. The van der Waals surface area contributed by atoms with E-state index in [-0.39, 0.29) is 5.91 Å². The number of ether oxygens (including phenoxy) is 3. The molecule has 0 saturated heterocycles. The van der Waals surface area contributed by atoms with Crippen LogP contribution in [0.2, 0.25) is 0 Å². The van der Waals surface area contributed by atoms with E-state index in [1.165, 1.54) is 7.11 Å². The predicted molar refractivity (Wildman–Crippen MR) is 124 cm³/mol. The van der Waals surface area contributed by atoms with E-state index in [1.54, 1.807) is 30.5 Å². The molecule has 7 heteroatoms. The number of carbonyl (C=O) groups is 1. The number of hydrogen-bond acceptors (Lipinski definition) is 5. The first-order chi connectivity index (χ1) is 15.1. The van der Waals surface area contributed by atoms with Gasteiger partial charge in [-0.05, 0) is 58.2 Å². The van der Waals surface area contributed by atoms with Crippen LogP contribution in [0.5, 0.6) is 17.2 Å². The molecule has 1 amide bonds. The number of benzene rings is 3. The first-order valence-electron chi connectivity index (χ1n) is 9.71. The molecule has 6 nitrogen and oxygen atoms in total. The lowest BCUT2D eigenvalue weighted by Gasteiger charge is -2.14. The molecule has 3 rings (SSSR count). The average Bonchev–Trinajstić information content (AvgIpc) is 2.79. The van der Waals surface area contributed by atoms with Crippen molar-refractivity contribution < 1.29 is 19.0 Å². The quantitative estimate of drug-likeness (QED) is 0.336. The third kappa shape index (κ3) is 6.08. The van der Waals surface area contributed by atoms with Crippen LogP contribution in [0.3, 0.4) is 0 Å². The lowest BCUT2D eigenvalue weighted by atomic mass is 10.2. The Morgan fingerprint density at radius 2 is 1.77 bits per heavy atom. The summed E-state index contributed by atoms with van der Waals surface area (Å²) < 4.78 is 17.7. The number of para-hydroxylation sites is 1. The SMILES string of the molecule is CCOc1cc(/C=N\NC(=O)c2ccccc2OC)cc(Br)c1OCc1ccccc1. The molecule has 0 unspecified atom stereocenters. The van der Waals surface area contributed by atoms with Crippen LogP contribution in [-0.4, -0.2) is 25.8 Å². The molecule has 0 spiro atoms. The number of carbonyl (C=O) groups excluding carboxylic acids is 1. The number of nitrogens with zero attached hydrogens (tertiary/aromatic N) is 1. The summed E-state index contributed by atoms with van der Waals surface area (Å²) in [5.41, 5.74) is 4.72. The fourth-order valence-electron chi connectivity index (χ4n) is 2.85. The van der Waals surface area contributed by atoms with Crippen LogP contribution in [0.4, 0.5) is 0 Å². The van der Waals surface area contributed by atoms with Crippen molar-refractivity contribution in [1.82, 2.24) is 5.43 Å². The Morgan fingerprint density at radius 1 is 1.03 bits per heavy atom. The number of hydrogen-bond donors (Lipinski definition) is 1. The van der Waals surface area contributed by atoms with Crippen LogP contribution in [0, 0.1) is 0 Å². The number of hydrazone groups is 1. The summed E-state index contributed by atoms with van der Waals surface area (Å²) in [5.74, 6) is 1.32. The van der Waals surface area contributed by atoms with Crippen molar-refractivity contribution >= 4 is 28.1 Å². The molecule has 3 aromatic carbocycles. The van der Waals surface area contributed by atoms with E-state index >= 15 is 0 Å². The topological polar surface area (TPSA) is 69.2 Å². The monoisotopic (exact) mass is 482 g/mol. The van der Waals surface area contributed by atoms with Crippen LogP contribution < -0.4 is 19.6 Å². The Bertz CT molecular complexity index is 1050. The summed E-state index contributed by atoms with van der Waals surface area (Å²) in [4.78, 5) is 12.4. The summed E-state index contributed by atoms with van der Waals surface area (Å²) in [6, 6.07) is 20.5. The Hall–Kier alpha value is -3.32. The van der Waals surface area contributed by atoms with Crippen LogP contribution >= 0.6 is 15.9 Å². The molecule has 0 aromatic heterocycles. The van der Waals surface area contributed by atoms with E-state index in [0.29, 0.717) is 36.0 Å². The molecule has 3 aromatic rings. The minimum Gasteiger partial charge on any atom is -0.496 e. The second kappa shape index (κ2) is 11.2. The van der Waals surface area contributed by atoms with Gasteiger partial charge < -0.3 is 14.2 Å². The van der Waals surface area contributed by atoms with Gasteiger partial charge in [-0.2, -0.15) is 5.10 Å². The van der Waals surface area contributed by atoms with Gasteiger partial charge in [0.15, 0.2) is 11.5 Å². The van der Waals surface area contributed by atoms with E-state index in [0.717, 1.165) is 15.6 Å². The first-order valence-corrected chi connectivity index (χ1v) is 10.5. The molecule has 160 valence electrons. The largest absolute Gasteiger partial charge is 0.496 e. The van der Waals surface area contributed by atoms with Crippen molar-refractivity contribution in [2.24, 2.45) is 5.10 Å². The van der Waals surface area contributed by atoms with E-state index in [4.69, 9.17) is 14.2 Å². The van der Waals surface area contributed by atoms with Crippen molar-refractivity contribution in [3.63, 3.8) is 0 Å². The van der Waals surface area contributed by atoms with Crippen molar-refractivity contribution in [1.29, 1.82) is 0 Å². The normalized spacial score (nSPS) is 10.7. The maximum atomic E-state index is 12.4. The molecule has 1 N–H and O–H groups in total. The Balaban J connectivity index is 1.73. The van der Waals surface area contributed by atoms with Gasteiger partial charge in [0.1, 0.15) is 12.4 Å². The molecule has 0 fully saturated rings. The van der Waals surface area contributed by atoms with Gasteiger partial charge in [0.25, 0.3) is 5.91 Å². The second-order valence-electron chi connectivity index (χ2n) is 6.44. The number of methoxy groups -OCH3 is 1. The minimum atomic E-state index is -0.361. The average molecular weight is 483 g/mol. The lowest BCUT2D eigenvalue weighted by molar-refractivity contribution is 0.0952. The minimum absolute atomic E-state index is 0.361. The Kier molecular flexibility index (Phi) is 8.06. The summed E-state index contributed by atoms with van der Waals surface area (Å²) in [5, 5.41) is 4.06. The molecular weight excluding hydrogens is 460 g/mol. The van der Waals surface area contributed by atoms with E-state index < -0.39 is 0 Å². The highest BCUT2D eigenvalue weighted by Crippen LogP contribution is 2.37. The van der Waals surface area contributed by atoms with Gasteiger partial charge in [0.05, 0.1) is 30.0 Å².